The summed E-state index contributed by atoms with van der Waals surface area (Å²) in [4.78, 5) is 35.3. The van der Waals surface area contributed by atoms with Crippen LogP contribution < -0.4 is 15.4 Å². The molecule has 3 N–H and O–H groups in total. The molecule has 0 spiro atoms. The van der Waals surface area contributed by atoms with Crippen molar-refractivity contribution in [3.05, 3.63) is 64.4 Å². The van der Waals surface area contributed by atoms with Gasteiger partial charge in [-0.15, -0.1) is 0 Å². The third-order valence-electron chi connectivity index (χ3n) is 5.31. The van der Waals surface area contributed by atoms with Gasteiger partial charge >= 0.3 is 5.97 Å². The van der Waals surface area contributed by atoms with E-state index in [9.17, 15) is 18.8 Å². The molecule has 0 heterocycles. The summed E-state index contributed by atoms with van der Waals surface area (Å²) >= 11 is 5.67. The Hall–Kier alpha value is -3.13. The first-order chi connectivity index (χ1) is 15.3. The molecule has 2 aromatic carbocycles. The maximum Gasteiger partial charge on any atom is 0.306 e. The first-order valence-electron chi connectivity index (χ1n) is 10.3. The fourth-order valence-corrected chi connectivity index (χ4v) is 3.69. The van der Waals surface area contributed by atoms with Crippen LogP contribution in [0.3, 0.4) is 0 Å². The number of nitrogens with one attached hydrogen (secondary N) is 2. The number of amides is 2. The summed E-state index contributed by atoms with van der Waals surface area (Å²) in [6.07, 6.45) is 2.54. The molecule has 1 fully saturated rings. The second-order valence-electron chi connectivity index (χ2n) is 7.59. The lowest BCUT2D eigenvalue weighted by Crippen LogP contribution is -2.35. The van der Waals surface area contributed by atoms with Gasteiger partial charge in [-0.25, -0.2) is 4.39 Å². The van der Waals surface area contributed by atoms with Gasteiger partial charge in [0, 0.05) is 23.7 Å². The van der Waals surface area contributed by atoms with Crippen molar-refractivity contribution in [2.75, 3.05) is 13.1 Å². The largest absolute Gasteiger partial charge is 0.490 e. The number of carboxylic acid groups (broad SMARTS) is 1. The molecule has 1 saturated carbocycles. The third kappa shape index (κ3) is 6.43. The Labute approximate surface area is 189 Å². The van der Waals surface area contributed by atoms with Gasteiger partial charge < -0.3 is 20.5 Å². The predicted octanol–water partition coefficient (Wildman–Crippen LogP) is 3.66. The van der Waals surface area contributed by atoms with Crippen LogP contribution in [-0.2, 0) is 4.79 Å². The van der Waals surface area contributed by atoms with Crippen molar-refractivity contribution >= 4 is 29.4 Å². The minimum atomic E-state index is -0.754. The number of carbonyl (C=O) groups is 3. The van der Waals surface area contributed by atoms with Gasteiger partial charge in [0.25, 0.3) is 11.8 Å². The van der Waals surface area contributed by atoms with Crippen LogP contribution in [0.5, 0.6) is 5.75 Å². The molecule has 170 valence electrons. The van der Waals surface area contributed by atoms with E-state index in [1.165, 1.54) is 12.1 Å². The van der Waals surface area contributed by atoms with Crippen molar-refractivity contribution in [2.24, 2.45) is 5.92 Å². The van der Waals surface area contributed by atoms with Crippen molar-refractivity contribution in [3.8, 4) is 5.75 Å². The van der Waals surface area contributed by atoms with E-state index in [0.29, 0.717) is 37.0 Å². The lowest BCUT2D eigenvalue weighted by Gasteiger charge is -2.26. The van der Waals surface area contributed by atoms with Crippen molar-refractivity contribution in [2.45, 2.75) is 31.8 Å². The van der Waals surface area contributed by atoms with Crippen LogP contribution in [0.15, 0.2) is 42.5 Å². The van der Waals surface area contributed by atoms with E-state index in [0.717, 1.165) is 6.07 Å². The lowest BCUT2D eigenvalue weighted by atomic mass is 9.87. The molecule has 9 heteroatoms. The number of ether oxygens (including phenoxy) is 1. The number of halogens is 2. The Kier molecular flexibility index (Phi) is 8.05. The highest BCUT2D eigenvalue weighted by Crippen LogP contribution is 2.28. The van der Waals surface area contributed by atoms with Gasteiger partial charge in [0.15, 0.2) is 0 Å². The standard InChI is InChI=1S/C23H24ClFN2O5/c24-16-5-10-19(20(25)13-16)22(29)27-12-11-26-21(28)14-1-6-17(7-2-14)32-18-8-3-15(4-9-18)23(30)31/h1-2,5-7,10,13,15,18H,3-4,8-9,11-12H2,(H,26,28)(H,27,29)(H,30,31). The molecule has 0 saturated heterocycles. The molecular weight excluding hydrogens is 439 g/mol. The number of carbonyl (C=O) groups excluding carboxylic acids is 2. The van der Waals surface area contributed by atoms with E-state index in [2.05, 4.69) is 10.6 Å². The molecule has 0 bridgehead atoms. The summed E-state index contributed by atoms with van der Waals surface area (Å²) < 4.78 is 19.6. The average Bonchev–Trinajstić information content (AvgIpc) is 2.77. The highest BCUT2D eigenvalue weighted by molar-refractivity contribution is 6.30. The molecule has 1 aliphatic carbocycles. The number of hydrogen-bond acceptors (Lipinski definition) is 4. The molecule has 0 radical (unpaired) electrons. The van der Waals surface area contributed by atoms with Gasteiger partial charge in [-0.2, -0.15) is 0 Å². The molecule has 1 aliphatic rings. The quantitative estimate of drug-likeness (QED) is 0.519. The van der Waals surface area contributed by atoms with Crippen LogP contribution in [0.2, 0.25) is 5.02 Å². The molecule has 32 heavy (non-hydrogen) atoms. The van der Waals surface area contributed by atoms with Gasteiger partial charge in [-0.1, -0.05) is 11.6 Å². The number of rotatable bonds is 8. The monoisotopic (exact) mass is 462 g/mol. The van der Waals surface area contributed by atoms with E-state index in [-0.39, 0.29) is 41.6 Å². The Morgan fingerprint density at radius 3 is 2.19 bits per heavy atom. The molecule has 2 amide bonds. The summed E-state index contributed by atoms with van der Waals surface area (Å²) in [5.74, 6) is -2.04. The highest BCUT2D eigenvalue weighted by Gasteiger charge is 2.26. The van der Waals surface area contributed by atoms with E-state index in [4.69, 9.17) is 21.4 Å². The lowest BCUT2D eigenvalue weighted by molar-refractivity contribution is -0.143. The van der Waals surface area contributed by atoms with Crippen molar-refractivity contribution in [3.63, 3.8) is 0 Å². The highest BCUT2D eigenvalue weighted by atomic mass is 35.5. The molecule has 0 aromatic heterocycles. The van der Waals surface area contributed by atoms with Crippen molar-refractivity contribution in [1.29, 1.82) is 0 Å². The molecule has 0 aliphatic heterocycles. The summed E-state index contributed by atoms with van der Waals surface area (Å²) in [5.41, 5.74) is 0.315. The van der Waals surface area contributed by atoms with E-state index in [1.807, 2.05) is 0 Å². The molecular formula is C23H24ClFN2O5. The molecule has 0 atom stereocenters. The molecule has 2 aromatic rings. The van der Waals surface area contributed by atoms with E-state index < -0.39 is 17.7 Å². The maximum atomic E-state index is 13.7. The number of benzene rings is 2. The second kappa shape index (κ2) is 10.9. The Morgan fingerprint density at radius 2 is 1.59 bits per heavy atom. The van der Waals surface area contributed by atoms with E-state index >= 15 is 0 Å². The SMILES string of the molecule is O=C(NCCNC(=O)c1ccc(Cl)cc1F)c1ccc(OC2CCC(C(=O)O)CC2)cc1. The minimum absolute atomic E-state index is 0.0284. The van der Waals surface area contributed by atoms with E-state index in [1.54, 1.807) is 24.3 Å². The Bertz CT molecular complexity index is 975. The zero-order valence-corrected chi connectivity index (χ0v) is 18.0. The van der Waals surface area contributed by atoms with Crippen molar-refractivity contribution in [1.82, 2.24) is 10.6 Å². The predicted molar refractivity (Wildman–Crippen MR) is 117 cm³/mol. The molecule has 7 nitrogen and oxygen atoms in total. The first kappa shape index (κ1) is 23.5. The van der Waals surface area contributed by atoms with Crippen LogP contribution in [0.4, 0.5) is 4.39 Å². The zero-order chi connectivity index (χ0) is 23.1. The van der Waals surface area contributed by atoms with Crippen molar-refractivity contribution < 1.29 is 28.6 Å². The summed E-state index contributed by atoms with van der Waals surface area (Å²) in [7, 11) is 0. The van der Waals surface area contributed by atoms with Gasteiger partial charge in [-0.05, 0) is 68.1 Å². The van der Waals surface area contributed by atoms with Crippen LogP contribution in [0.1, 0.15) is 46.4 Å². The minimum Gasteiger partial charge on any atom is -0.490 e. The summed E-state index contributed by atoms with van der Waals surface area (Å²) in [6.45, 7) is 0.303. The normalized spacial score (nSPS) is 17.9. The van der Waals surface area contributed by atoms with Crippen LogP contribution in [0, 0.1) is 11.7 Å². The van der Waals surface area contributed by atoms with Gasteiger partial charge in [0.1, 0.15) is 11.6 Å². The van der Waals surface area contributed by atoms with Crippen LogP contribution in [-0.4, -0.2) is 42.1 Å². The topological polar surface area (TPSA) is 105 Å². The maximum absolute atomic E-state index is 13.7. The Balaban J connectivity index is 1.40. The average molecular weight is 463 g/mol. The van der Waals surface area contributed by atoms with Crippen LogP contribution in [0.25, 0.3) is 0 Å². The van der Waals surface area contributed by atoms with Crippen LogP contribution >= 0.6 is 11.6 Å². The first-order valence-corrected chi connectivity index (χ1v) is 10.7. The fourth-order valence-electron chi connectivity index (χ4n) is 3.53. The smallest absolute Gasteiger partial charge is 0.306 e. The molecule has 3 rings (SSSR count). The third-order valence-corrected chi connectivity index (χ3v) is 5.55. The zero-order valence-electron chi connectivity index (χ0n) is 17.3. The summed E-state index contributed by atoms with van der Waals surface area (Å²) in [6, 6.07) is 10.5. The number of hydrogen-bond donors (Lipinski definition) is 3. The second-order valence-corrected chi connectivity index (χ2v) is 8.03. The number of carboxylic acids is 1. The fraction of sp³-hybridized carbons (Fsp3) is 0.348. The Morgan fingerprint density at radius 1 is 0.969 bits per heavy atom. The number of aliphatic carboxylic acids is 1. The van der Waals surface area contributed by atoms with Gasteiger partial charge in [-0.3, -0.25) is 14.4 Å². The molecule has 0 unspecified atom stereocenters. The summed E-state index contributed by atoms with van der Waals surface area (Å²) in [5, 5.41) is 14.5. The van der Waals surface area contributed by atoms with Gasteiger partial charge in [0.2, 0.25) is 0 Å². The van der Waals surface area contributed by atoms with Gasteiger partial charge in [0.05, 0.1) is 17.6 Å².